The average Bonchev–Trinajstić information content (AvgIpc) is 2.71. The van der Waals surface area contributed by atoms with Gasteiger partial charge < -0.3 is 29.8 Å². The van der Waals surface area contributed by atoms with Gasteiger partial charge in [0, 0.05) is 19.6 Å². The van der Waals surface area contributed by atoms with Crippen molar-refractivity contribution >= 4 is 16.7 Å². The Balaban J connectivity index is 0.000000960. The minimum absolute atomic E-state index is 0.227. The van der Waals surface area contributed by atoms with Gasteiger partial charge in [0.05, 0.1) is 26.7 Å². The van der Waals surface area contributed by atoms with Gasteiger partial charge in [-0.3, -0.25) is 0 Å². The van der Waals surface area contributed by atoms with E-state index >= 15 is 0 Å². The molecular weight excluding hydrogens is 384 g/mol. The van der Waals surface area contributed by atoms with E-state index in [4.69, 9.17) is 34.6 Å². The number of hydrogen-bond acceptors (Lipinski definition) is 9. The van der Waals surface area contributed by atoms with Crippen molar-refractivity contribution in [3.05, 3.63) is 22.0 Å². The first kappa shape index (κ1) is 24.0. The third-order valence-electron chi connectivity index (χ3n) is 3.98. The number of aromatic nitrogens is 2. The number of hydrogen-bond donors (Lipinski definition) is 3. The molecule has 0 unspecified atom stereocenters. The Morgan fingerprint density at radius 3 is 2.28 bits per heavy atom. The van der Waals surface area contributed by atoms with Crippen LogP contribution in [0.2, 0.25) is 0 Å². The van der Waals surface area contributed by atoms with E-state index in [0.29, 0.717) is 29.2 Å². The second-order valence-electron chi connectivity index (χ2n) is 5.83. The van der Waals surface area contributed by atoms with Crippen molar-refractivity contribution in [2.24, 2.45) is 0 Å². The molecule has 0 aliphatic carbocycles. The zero-order chi connectivity index (χ0) is 21.8. The molecule has 1 aromatic carbocycles. The van der Waals surface area contributed by atoms with Crippen molar-refractivity contribution in [3.8, 4) is 17.2 Å². The van der Waals surface area contributed by atoms with E-state index < -0.39 is 5.09 Å². The molecule has 11 heteroatoms. The summed E-state index contributed by atoms with van der Waals surface area (Å²) in [7, 11) is 4.76. The highest BCUT2D eigenvalue weighted by Gasteiger charge is 2.20. The highest BCUT2D eigenvalue weighted by molar-refractivity contribution is 5.96. The number of rotatable bonds is 10. The van der Waals surface area contributed by atoms with E-state index in [1.807, 2.05) is 13.0 Å². The molecule has 0 bridgehead atoms. The first-order valence-electron chi connectivity index (χ1n) is 9.10. The number of methoxy groups -OCH3 is 3. The molecule has 0 radical (unpaired) electrons. The fourth-order valence-corrected chi connectivity index (χ4v) is 2.69. The van der Waals surface area contributed by atoms with E-state index in [-0.39, 0.29) is 6.61 Å². The van der Waals surface area contributed by atoms with Crippen LogP contribution in [0.15, 0.2) is 6.07 Å². The summed E-state index contributed by atoms with van der Waals surface area (Å²) in [4.78, 5) is 17.6. The van der Waals surface area contributed by atoms with Crippen LogP contribution in [-0.4, -0.2) is 59.8 Å². The first-order chi connectivity index (χ1) is 13.9. The first-order valence-corrected chi connectivity index (χ1v) is 9.10. The van der Waals surface area contributed by atoms with E-state index in [9.17, 15) is 0 Å². The van der Waals surface area contributed by atoms with E-state index in [0.717, 1.165) is 42.8 Å². The van der Waals surface area contributed by atoms with Gasteiger partial charge in [0.2, 0.25) is 5.75 Å². The number of benzene rings is 1. The van der Waals surface area contributed by atoms with Gasteiger partial charge in [-0.2, -0.15) is 0 Å². The molecule has 2 rings (SSSR count). The molecule has 0 aliphatic rings. The van der Waals surface area contributed by atoms with Gasteiger partial charge in [0.15, 0.2) is 11.5 Å². The number of nitrogens with one attached hydrogen (secondary N) is 1. The third kappa shape index (κ3) is 6.79. The zero-order valence-corrected chi connectivity index (χ0v) is 17.1. The van der Waals surface area contributed by atoms with Gasteiger partial charge in [-0.1, -0.05) is 6.92 Å². The van der Waals surface area contributed by atoms with Gasteiger partial charge in [-0.05, 0) is 25.3 Å². The summed E-state index contributed by atoms with van der Waals surface area (Å²) in [5, 5.41) is 26.7. The summed E-state index contributed by atoms with van der Waals surface area (Å²) in [6.07, 6.45) is 3.45. The van der Waals surface area contributed by atoms with Crippen LogP contribution in [0.4, 0.5) is 5.82 Å². The maximum atomic E-state index is 8.88. The van der Waals surface area contributed by atoms with Crippen molar-refractivity contribution < 1.29 is 29.6 Å². The number of aryl methyl sites for hydroxylation is 1. The second kappa shape index (κ2) is 12.4. The molecule has 0 fully saturated rings. The lowest BCUT2D eigenvalue weighted by atomic mass is 10.1. The topological polar surface area (TPSA) is 149 Å². The lowest BCUT2D eigenvalue weighted by molar-refractivity contribution is -0.742. The average molecular weight is 412 g/mol. The predicted octanol–water partition coefficient (Wildman–Crippen LogP) is 2.44. The Morgan fingerprint density at radius 2 is 1.76 bits per heavy atom. The van der Waals surface area contributed by atoms with Gasteiger partial charge >= 0.3 is 0 Å². The Labute approximate surface area is 168 Å². The number of aliphatic hydroxyl groups excluding tert-OH is 1. The summed E-state index contributed by atoms with van der Waals surface area (Å²) in [5.41, 5.74) is 0.699. The van der Waals surface area contributed by atoms with E-state index in [2.05, 4.69) is 15.3 Å². The van der Waals surface area contributed by atoms with Crippen LogP contribution in [0.1, 0.15) is 32.0 Å². The largest absolute Gasteiger partial charge is 0.493 e. The summed E-state index contributed by atoms with van der Waals surface area (Å²) in [6.45, 7) is 3.01. The molecule has 1 heterocycles. The third-order valence-corrected chi connectivity index (χ3v) is 3.98. The summed E-state index contributed by atoms with van der Waals surface area (Å²) in [6, 6.07) is 1.87. The molecule has 2 aromatic rings. The second-order valence-corrected chi connectivity index (χ2v) is 5.83. The quantitative estimate of drug-likeness (QED) is 0.302. The monoisotopic (exact) mass is 412 g/mol. The fourth-order valence-electron chi connectivity index (χ4n) is 2.69. The van der Waals surface area contributed by atoms with Crippen molar-refractivity contribution in [1.29, 1.82) is 0 Å². The number of aliphatic hydroxyl groups is 1. The van der Waals surface area contributed by atoms with Gasteiger partial charge in [0.25, 0.3) is 5.09 Å². The lowest BCUT2D eigenvalue weighted by Crippen LogP contribution is -2.08. The highest BCUT2D eigenvalue weighted by atomic mass is 16.9. The van der Waals surface area contributed by atoms with Gasteiger partial charge in [0.1, 0.15) is 17.2 Å². The summed E-state index contributed by atoms with van der Waals surface area (Å²) < 4.78 is 16.4. The molecule has 29 heavy (non-hydrogen) atoms. The van der Waals surface area contributed by atoms with Crippen LogP contribution >= 0.6 is 0 Å². The summed E-state index contributed by atoms with van der Waals surface area (Å²) in [5.74, 6) is 3.12. The van der Waals surface area contributed by atoms with Crippen LogP contribution < -0.4 is 19.5 Å². The number of anilines is 1. The summed E-state index contributed by atoms with van der Waals surface area (Å²) >= 11 is 0. The van der Waals surface area contributed by atoms with Crippen molar-refractivity contribution in [2.45, 2.75) is 32.6 Å². The normalized spacial score (nSPS) is 10.1. The lowest BCUT2D eigenvalue weighted by Gasteiger charge is -2.17. The SMILES string of the molecule is CCc1nc(NCCCCCO)c2cc(OC)c(OC)c(OC)c2n1.O=[N+]([O-])O. The molecule has 0 amide bonds. The fraction of sp³-hybridized carbons (Fsp3) is 0.556. The van der Waals surface area contributed by atoms with Crippen LogP contribution in [-0.2, 0) is 6.42 Å². The van der Waals surface area contributed by atoms with Crippen molar-refractivity contribution in [2.75, 3.05) is 39.8 Å². The number of unbranched alkanes of at least 4 members (excludes halogenated alkanes) is 2. The minimum atomic E-state index is -1.50. The molecule has 0 atom stereocenters. The molecule has 0 aliphatic heterocycles. The Bertz CT molecular complexity index is 798. The Hall–Kier alpha value is -3.08. The zero-order valence-electron chi connectivity index (χ0n) is 17.1. The molecule has 162 valence electrons. The maximum Gasteiger partial charge on any atom is 0.291 e. The van der Waals surface area contributed by atoms with Gasteiger partial charge in [-0.25, -0.2) is 9.97 Å². The van der Waals surface area contributed by atoms with E-state index in [1.54, 1.807) is 21.3 Å². The maximum absolute atomic E-state index is 8.88. The molecule has 0 saturated carbocycles. The van der Waals surface area contributed by atoms with Crippen LogP contribution in [0, 0.1) is 10.1 Å². The number of fused-ring (bicyclic) bond motifs is 1. The van der Waals surface area contributed by atoms with Crippen LogP contribution in [0.3, 0.4) is 0 Å². The smallest absolute Gasteiger partial charge is 0.291 e. The highest BCUT2D eigenvalue weighted by Crippen LogP contribution is 2.44. The van der Waals surface area contributed by atoms with Crippen molar-refractivity contribution in [3.63, 3.8) is 0 Å². The number of nitrogens with zero attached hydrogens (tertiary/aromatic N) is 3. The minimum Gasteiger partial charge on any atom is -0.493 e. The number of ether oxygens (including phenoxy) is 3. The predicted molar refractivity (Wildman–Crippen MR) is 107 cm³/mol. The molecule has 3 N–H and O–H groups in total. The van der Waals surface area contributed by atoms with Gasteiger partial charge in [-0.15, -0.1) is 10.1 Å². The molecule has 1 aromatic heterocycles. The molecule has 0 saturated heterocycles. The Kier molecular flexibility index (Phi) is 10.2. The molecular formula is C18H28N4O7. The standard InChI is InChI=1S/C18H27N3O4.HNO3/c1-5-14-20-15-12(18(21-14)19-9-7-6-8-10-22)11-13(23-2)16(24-3)17(15)25-4;2-1(3)4/h11,22H,5-10H2,1-4H3,(H,19,20,21);(H,2,3,4). The molecule has 0 spiro atoms. The van der Waals surface area contributed by atoms with Crippen LogP contribution in [0.25, 0.3) is 10.9 Å². The Morgan fingerprint density at radius 1 is 1.10 bits per heavy atom. The van der Waals surface area contributed by atoms with Crippen molar-refractivity contribution in [1.82, 2.24) is 9.97 Å². The molecule has 11 nitrogen and oxygen atoms in total. The van der Waals surface area contributed by atoms with Crippen LogP contribution in [0.5, 0.6) is 17.2 Å². The van der Waals surface area contributed by atoms with E-state index in [1.165, 1.54) is 0 Å².